The van der Waals surface area contributed by atoms with Crippen molar-refractivity contribution >= 4 is 6.21 Å². The first-order chi connectivity index (χ1) is 9.31. The third-order valence-corrected chi connectivity index (χ3v) is 3.20. The minimum absolute atomic E-state index is 0.164. The summed E-state index contributed by atoms with van der Waals surface area (Å²) >= 11 is 0. The fraction of sp³-hybridized carbons (Fsp3) is 0.375. The van der Waals surface area contributed by atoms with Crippen molar-refractivity contribution in [2.75, 3.05) is 0 Å². The Kier molecular flexibility index (Phi) is 4.90. The van der Waals surface area contributed by atoms with E-state index in [4.69, 9.17) is 0 Å². The second-order valence-corrected chi connectivity index (χ2v) is 4.70. The molecule has 0 saturated carbocycles. The van der Waals surface area contributed by atoms with E-state index in [-0.39, 0.29) is 6.04 Å². The smallest absolute Gasteiger partial charge is 0.150 e. The number of rotatable bonds is 6. The third-order valence-electron chi connectivity index (χ3n) is 3.20. The van der Waals surface area contributed by atoms with Crippen molar-refractivity contribution in [1.82, 2.24) is 9.55 Å². The summed E-state index contributed by atoms with van der Waals surface area (Å²) in [5, 5.41) is 0. The van der Waals surface area contributed by atoms with Crippen LogP contribution < -0.4 is 0 Å². The summed E-state index contributed by atoms with van der Waals surface area (Å²) in [6, 6.07) is 10.5. The van der Waals surface area contributed by atoms with Crippen molar-refractivity contribution < 1.29 is 0 Å². The van der Waals surface area contributed by atoms with Gasteiger partial charge in [0, 0.05) is 18.9 Å². The van der Waals surface area contributed by atoms with Gasteiger partial charge < -0.3 is 4.57 Å². The van der Waals surface area contributed by atoms with Crippen LogP contribution in [0.5, 0.6) is 0 Å². The second-order valence-electron chi connectivity index (χ2n) is 4.70. The molecule has 0 aliphatic rings. The van der Waals surface area contributed by atoms with Gasteiger partial charge in [0.2, 0.25) is 0 Å². The van der Waals surface area contributed by atoms with Gasteiger partial charge in [0.1, 0.15) is 0 Å². The zero-order chi connectivity index (χ0) is 13.5. The molecule has 0 aliphatic carbocycles. The van der Waals surface area contributed by atoms with E-state index in [2.05, 4.69) is 40.5 Å². The van der Waals surface area contributed by atoms with Gasteiger partial charge in [0.25, 0.3) is 0 Å². The van der Waals surface area contributed by atoms with Gasteiger partial charge in [-0.25, -0.2) is 4.98 Å². The molecule has 3 nitrogen and oxygen atoms in total. The number of benzene rings is 1. The molecule has 0 N–H and O–H groups in total. The van der Waals surface area contributed by atoms with E-state index in [9.17, 15) is 0 Å². The Labute approximate surface area is 115 Å². The Hall–Kier alpha value is -1.90. The largest absolute Gasteiger partial charge is 0.330 e. The molecule has 1 heterocycles. The predicted octanol–water partition coefficient (Wildman–Crippen LogP) is 3.86. The number of aryl methyl sites for hydroxylation is 1. The van der Waals surface area contributed by atoms with Gasteiger partial charge in [0.15, 0.2) is 5.82 Å². The molecule has 19 heavy (non-hydrogen) atoms. The first kappa shape index (κ1) is 13.5. The minimum Gasteiger partial charge on any atom is -0.330 e. The Balaban J connectivity index is 2.04. The van der Waals surface area contributed by atoms with Crippen LogP contribution in [0.25, 0.3) is 0 Å². The van der Waals surface area contributed by atoms with Gasteiger partial charge in [0.05, 0.1) is 12.3 Å². The Bertz CT molecular complexity index is 514. The number of imidazole rings is 1. The van der Waals surface area contributed by atoms with Gasteiger partial charge in [-0.2, -0.15) is 0 Å². The molecule has 0 amide bonds. The third kappa shape index (κ3) is 3.78. The van der Waals surface area contributed by atoms with E-state index in [0.29, 0.717) is 0 Å². The van der Waals surface area contributed by atoms with Crippen LogP contribution in [0.15, 0.2) is 47.7 Å². The van der Waals surface area contributed by atoms with Crippen LogP contribution in [0.1, 0.15) is 44.1 Å². The summed E-state index contributed by atoms with van der Waals surface area (Å²) in [5.41, 5.74) is 1.23. The fourth-order valence-electron chi connectivity index (χ4n) is 1.96. The Morgan fingerprint density at radius 2 is 2.11 bits per heavy atom. The number of hydrogen-bond acceptors (Lipinski definition) is 2. The molecule has 0 spiro atoms. The average molecular weight is 255 g/mol. The zero-order valence-corrected chi connectivity index (χ0v) is 11.7. The van der Waals surface area contributed by atoms with E-state index < -0.39 is 0 Å². The molecule has 2 aromatic rings. The van der Waals surface area contributed by atoms with Gasteiger partial charge in [-0.05, 0) is 18.9 Å². The molecule has 1 atom stereocenters. The molecule has 3 heteroatoms. The van der Waals surface area contributed by atoms with E-state index in [1.807, 2.05) is 36.8 Å². The van der Waals surface area contributed by atoms with Crippen LogP contribution in [0.2, 0.25) is 0 Å². The van der Waals surface area contributed by atoms with Crippen LogP contribution in [0.4, 0.5) is 0 Å². The molecule has 0 bridgehead atoms. The van der Waals surface area contributed by atoms with Crippen molar-refractivity contribution in [2.24, 2.45) is 4.99 Å². The summed E-state index contributed by atoms with van der Waals surface area (Å²) in [4.78, 5) is 8.95. The molecule has 0 fully saturated rings. The summed E-state index contributed by atoms with van der Waals surface area (Å²) < 4.78 is 2.16. The monoisotopic (exact) mass is 255 g/mol. The number of hydrogen-bond donors (Lipinski definition) is 0. The van der Waals surface area contributed by atoms with Crippen LogP contribution in [0, 0.1) is 0 Å². The van der Waals surface area contributed by atoms with Crippen LogP contribution in [0.3, 0.4) is 0 Å². The highest BCUT2D eigenvalue weighted by atomic mass is 15.1. The maximum absolute atomic E-state index is 4.60. The Morgan fingerprint density at radius 3 is 2.84 bits per heavy atom. The minimum atomic E-state index is 0.164. The lowest BCUT2D eigenvalue weighted by Crippen LogP contribution is -2.03. The SMILES string of the molecule is CCCCn1ccnc1C=N[C@@H](C)c1ccccc1. The van der Waals surface area contributed by atoms with E-state index >= 15 is 0 Å². The zero-order valence-electron chi connectivity index (χ0n) is 11.7. The van der Waals surface area contributed by atoms with Crippen molar-refractivity contribution in [3.63, 3.8) is 0 Å². The van der Waals surface area contributed by atoms with Crippen molar-refractivity contribution in [3.8, 4) is 0 Å². The maximum Gasteiger partial charge on any atom is 0.150 e. The molecule has 0 aliphatic heterocycles. The first-order valence-electron chi connectivity index (χ1n) is 6.90. The fourth-order valence-corrected chi connectivity index (χ4v) is 1.96. The van der Waals surface area contributed by atoms with Crippen LogP contribution in [-0.2, 0) is 6.54 Å². The predicted molar refractivity (Wildman–Crippen MR) is 79.6 cm³/mol. The lowest BCUT2D eigenvalue weighted by atomic mass is 10.1. The van der Waals surface area contributed by atoms with Crippen LogP contribution >= 0.6 is 0 Å². The first-order valence-corrected chi connectivity index (χ1v) is 6.90. The molecule has 0 unspecified atom stereocenters. The summed E-state index contributed by atoms with van der Waals surface area (Å²) in [7, 11) is 0. The quantitative estimate of drug-likeness (QED) is 0.721. The summed E-state index contributed by atoms with van der Waals surface area (Å²) in [6.07, 6.45) is 8.10. The van der Waals surface area contributed by atoms with Crippen molar-refractivity contribution in [1.29, 1.82) is 0 Å². The molecular formula is C16H21N3. The molecule has 1 aromatic carbocycles. The normalized spacial score (nSPS) is 12.9. The average Bonchev–Trinajstić information content (AvgIpc) is 2.91. The van der Waals surface area contributed by atoms with Gasteiger partial charge >= 0.3 is 0 Å². The van der Waals surface area contributed by atoms with E-state index in [1.54, 1.807) is 0 Å². The maximum atomic E-state index is 4.60. The molecule has 1 aromatic heterocycles. The lowest BCUT2D eigenvalue weighted by Gasteiger charge is -2.06. The topological polar surface area (TPSA) is 30.2 Å². The number of nitrogens with zero attached hydrogens (tertiary/aromatic N) is 3. The van der Waals surface area contributed by atoms with Crippen molar-refractivity contribution in [2.45, 2.75) is 39.3 Å². The number of unbranched alkanes of at least 4 members (excludes halogenated alkanes) is 1. The molecular weight excluding hydrogens is 234 g/mol. The van der Waals surface area contributed by atoms with Crippen LogP contribution in [-0.4, -0.2) is 15.8 Å². The number of aliphatic imine (C=N–C) groups is 1. The van der Waals surface area contributed by atoms with E-state index in [0.717, 1.165) is 12.4 Å². The second kappa shape index (κ2) is 6.88. The van der Waals surface area contributed by atoms with Gasteiger partial charge in [-0.15, -0.1) is 0 Å². The highest BCUT2D eigenvalue weighted by molar-refractivity contribution is 5.75. The Morgan fingerprint density at radius 1 is 1.32 bits per heavy atom. The van der Waals surface area contributed by atoms with E-state index in [1.165, 1.54) is 18.4 Å². The molecule has 100 valence electrons. The highest BCUT2D eigenvalue weighted by Gasteiger charge is 2.03. The lowest BCUT2D eigenvalue weighted by molar-refractivity contribution is 0.628. The summed E-state index contributed by atoms with van der Waals surface area (Å²) in [6.45, 7) is 5.31. The van der Waals surface area contributed by atoms with Gasteiger partial charge in [-0.3, -0.25) is 4.99 Å². The molecule has 0 radical (unpaired) electrons. The molecule has 2 rings (SSSR count). The molecule has 0 saturated heterocycles. The van der Waals surface area contributed by atoms with Gasteiger partial charge in [-0.1, -0.05) is 43.7 Å². The van der Waals surface area contributed by atoms with Crippen molar-refractivity contribution in [3.05, 3.63) is 54.1 Å². The standard InChI is InChI=1S/C16H21N3/c1-3-4-11-19-12-10-17-16(19)13-18-14(2)15-8-6-5-7-9-15/h5-10,12-14H,3-4,11H2,1-2H3/t14-/m0/s1. The highest BCUT2D eigenvalue weighted by Crippen LogP contribution is 2.15. The number of aromatic nitrogens is 2. The summed E-state index contributed by atoms with van der Waals surface area (Å²) in [5.74, 6) is 0.941.